The normalized spacial score (nSPS) is 21.6. The molecule has 18 heavy (non-hydrogen) atoms. The molecule has 2 nitrogen and oxygen atoms in total. The van der Waals surface area contributed by atoms with Gasteiger partial charge in [0, 0.05) is 11.8 Å². The van der Waals surface area contributed by atoms with Crippen molar-refractivity contribution in [2.45, 2.75) is 53.0 Å². The SMILES string of the molecule is CC(C)C#CC1CCN(C2COC2)CC1.CCC. The summed E-state index contributed by atoms with van der Waals surface area (Å²) in [5.41, 5.74) is 0. The lowest BCUT2D eigenvalue weighted by molar-refractivity contribution is -0.0719. The van der Waals surface area contributed by atoms with Crippen LogP contribution in [0.3, 0.4) is 0 Å². The molecule has 0 amide bonds. The van der Waals surface area contributed by atoms with Gasteiger partial charge in [0.2, 0.25) is 0 Å². The van der Waals surface area contributed by atoms with Crippen molar-refractivity contribution in [2.24, 2.45) is 11.8 Å². The zero-order valence-electron chi connectivity index (χ0n) is 12.5. The van der Waals surface area contributed by atoms with Crippen LogP contribution in [0, 0.1) is 23.7 Å². The van der Waals surface area contributed by atoms with Gasteiger partial charge in [-0.2, -0.15) is 0 Å². The first kappa shape index (κ1) is 15.5. The monoisotopic (exact) mass is 251 g/mol. The highest BCUT2D eigenvalue weighted by atomic mass is 16.5. The number of likely N-dealkylation sites (tertiary alicyclic amines) is 1. The molecule has 0 aliphatic carbocycles. The van der Waals surface area contributed by atoms with E-state index in [1.807, 2.05) is 0 Å². The molecule has 0 radical (unpaired) electrons. The van der Waals surface area contributed by atoms with Crippen molar-refractivity contribution in [2.75, 3.05) is 26.3 Å². The maximum atomic E-state index is 5.22. The van der Waals surface area contributed by atoms with Crippen LogP contribution in [0.15, 0.2) is 0 Å². The molecule has 2 aliphatic rings. The third kappa shape index (κ3) is 5.42. The van der Waals surface area contributed by atoms with Crippen molar-refractivity contribution < 1.29 is 4.74 Å². The summed E-state index contributed by atoms with van der Waals surface area (Å²) in [6.45, 7) is 12.9. The van der Waals surface area contributed by atoms with Crippen molar-refractivity contribution in [3.8, 4) is 11.8 Å². The Morgan fingerprint density at radius 3 is 2.11 bits per heavy atom. The summed E-state index contributed by atoms with van der Waals surface area (Å²) in [5, 5.41) is 0. The van der Waals surface area contributed by atoms with E-state index in [9.17, 15) is 0 Å². The summed E-state index contributed by atoms with van der Waals surface area (Å²) in [4.78, 5) is 2.57. The van der Waals surface area contributed by atoms with Crippen molar-refractivity contribution in [3.63, 3.8) is 0 Å². The summed E-state index contributed by atoms with van der Waals surface area (Å²) in [5.74, 6) is 7.86. The topological polar surface area (TPSA) is 12.5 Å². The average Bonchev–Trinajstić information content (AvgIpc) is 2.27. The maximum absolute atomic E-state index is 5.22. The minimum atomic E-state index is 0.517. The van der Waals surface area contributed by atoms with Crippen LogP contribution in [0.4, 0.5) is 0 Å². The number of ether oxygens (including phenoxy) is 1. The van der Waals surface area contributed by atoms with Crippen LogP contribution in [-0.4, -0.2) is 37.2 Å². The molecule has 2 aliphatic heterocycles. The smallest absolute Gasteiger partial charge is 0.0645 e. The predicted molar refractivity (Wildman–Crippen MR) is 77.5 cm³/mol. The number of piperidine rings is 1. The first-order chi connectivity index (χ1) is 8.67. The molecule has 0 unspecified atom stereocenters. The Labute approximate surface area is 113 Å². The molecule has 0 spiro atoms. The second-order valence-electron chi connectivity index (χ2n) is 5.65. The van der Waals surface area contributed by atoms with Crippen molar-refractivity contribution in [3.05, 3.63) is 0 Å². The first-order valence-electron chi connectivity index (χ1n) is 7.50. The van der Waals surface area contributed by atoms with Crippen LogP contribution in [-0.2, 0) is 4.74 Å². The Morgan fingerprint density at radius 2 is 1.72 bits per heavy atom. The number of hydrogen-bond acceptors (Lipinski definition) is 2. The van der Waals surface area contributed by atoms with E-state index < -0.39 is 0 Å². The van der Waals surface area contributed by atoms with E-state index in [1.54, 1.807) is 0 Å². The summed E-state index contributed by atoms with van der Waals surface area (Å²) in [6, 6.07) is 0.712. The summed E-state index contributed by atoms with van der Waals surface area (Å²) in [6.07, 6.45) is 3.74. The zero-order chi connectivity index (χ0) is 13.4. The van der Waals surface area contributed by atoms with Gasteiger partial charge in [-0.1, -0.05) is 40.0 Å². The molecular weight excluding hydrogens is 222 g/mol. The van der Waals surface area contributed by atoms with E-state index in [4.69, 9.17) is 4.74 Å². The van der Waals surface area contributed by atoms with Gasteiger partial charge in [-0.15, -0.1) is 5.92 Å². The largest absolute Gasteiger partial charge is 0.378 e. The van der Waals surface area contributed by atoms with E-state index in [0.717, 1.165) is 13.2 Å². The fourth-order valence-corrected chi connectivity index (χ4v) is 2.13. The van der Waals surface area contributed by atoms with Gasteiger partial charge in [0.25, 0.3) is 0 Å². The molecule has 2 fully saturated rings. The fraction of sp³-hybridized carbons (Fsp3) is 0.875. The average molecular weight is 251 g/mol. The highest BCUT2D eigenvalue weighted by molar-refractivity contribution is 5.07. The van der Waals surface area contributed by atoms with Crippen LogP contribution in [0.25, 0.3) is 0 Å². The number of hydrogen-bond donors (Lipinski definition) is 0. The van der Waals surface area contributed by atoms with Gasteiger partial charge in [0.1, 0.15) is 0 Å². The lowest BCUT2D eigenvalue weighted by Crippen LogP contribution is -2.51. The molecule has 0 aromatic rings. The molecule has 2 rings (SSSR count). The van der Waals surface area contributed by atoms with Gasteiger partial charge in [0.15, 0.2) is 0 Å². The Hall–Kier alpha value is -0.520. The molecule has 0 bridgehead atoms. The lowest BCUT2D eigenvalue weighted by atomic mass is 9.95. The molecule has 2 saturated heterocycles. The Balaban J connectivity index is 0.000000492. The Kier molecular flexibility index (Phi) is 7.39. The minimum absolute atomic E-state index is 0.517. The third-order valence-electron chi connectivity index (χ3n) is 3.24. The Bertz CT molecular complexity index is 265. The maximum Gasteiger partial charge on any atom is 0.0645 e. The van der Waals surface area contributed by atoms with Gasteiger partial charge in [-0.3, -0.25) is 4.90 Å². The lowest BCUT2D eigenvalue weighted by Gasteiger charge is -2.40. The highest BCUT2D eigenvalue weighted by Crippen LogP contribution is 2.21. The number of nitrogens with zero attached hydrogens (tertiary/aromatic N) is 1. The minimum Gasteiger partial charge on any atom is -0.378 e. The van der Waals surface area contributed by atoms with E-state index in [2.05, 4.69) is 44.4 Å². The van der Waals surface area contributed by atoms with Crippen molar-refractivity contribution in [1.82, 2.24) is 4.90 Å². The van der Waals surface area contributed by atoms with Gasteiger partial charge in [0.05, 0.1) is 19.3 Å². The molecule has 0 atom stereocenters. The Morgan fingerprint density at radius 1 is 1.17 bits per heavy atom. The van der Waals surface area contributed by atoms with Gasteiger partial charge in [-0.25, -0.2) is 0 Å². The summed E-state index contributed by atoms with van der Waals surface area (Å²) in [7, 11) is 0. The van der Waals surface area contributed by atoms with E-state index in [-0.39, 0.29) is 0 Å². The molecule has 2 heteroatoms. The number of rotatable bonds is 1. The van der Waals surface area contributed by atoms with E-state index in [1.165, 1.54) is 32.4 Å². The van der Waals surface area contributed by atoms with Gasteiger partial charge >= 0.3 is 0 Å². The van der Waals surface area contributed by atoms with Crippen molar-refractivity contribution >= 4 is 0 Å². The second-order valence-corrected chi connectivity index (χ2v) is 5.65. The van der Waals surface area contributed by atoms with Crippen LogP contribution in [0.5, 0.6) is 0 Å². The van der Waals surface area contributed by atoms with E-state index >= 15 is 0 Å². The summed E-state index contributed by atoms with van der Waals surface area (Å²) >= 11 is 0. The fourth-order valence-electron chi connectivity index (χ4n) is 2.13. The molecule has 0 aromatic heterocycles. The van der Waals surface area contributed by atoms with Crippen molar-refractivity contribution in [1.29, 1.82) is 0 Å². The molecule has 0 N–H and O–H groups in total. The van der Waals surface area contributed by atoms with Gasteiger partial charge < -0.3 is 4.74 Å². The molecule has 0 saturated carbocycles. The molecular formula is C16H29NO. The molecule has 2 heterocycles. The van der Waals surface area contributed by atoms with Crippen LogP contribution < -0.4 is 0 Å². The summed E-state index contributed by atoms with van der Waals surface area (Å²) < 4.78 is 5.22. The zero-order valence-corrected chi connectivity index (χ0v) is 12.5. The van der Waals surface area contributed by atoms with Crippen LogP contribution in [0.2, 0.25) is 0 Å². The van der Waals surface area contributed by atoms with E-state index in [0.29, 0.717) is 17.9 Å². The van der Waals surface area contributed by atoms with Crippen LogP contribution >= 0.6 is 0 Å². The first-order valence-corrected chi connectivity index (χ1v) is 7.50. The van der Waals surface area contributed by atoms with Gasteiger partial charge in [-0.05, 0) is 25.9 Å². The van der Waals surface area contributed by atoms with Crippen LogP contribution in [0.1, 0.15) is 47.0 Å². The highest BCUT2D eigenvalue weighted by Gasteiger charge is 2.28. The predicted octanol–water partition coefficient (Wildman–Crippen LogP) is 3.17. The molecule has 104 valence electrons. The third-order valence-corrected chi connectivity index (χ3v) is 3.24. The second kappa shape index (κ2) is 8.56. The molecule has 0 aromatic carbocycles. The quantitative estimate of drug-likeness (QED) is 0.664. The standard InChI is InChI=1S/C13H21NO.C3H8/c1-11(2)3-4-12-5-7-14(8-6-12)13-9-15-10-13;1-3-2/h11-13H,5-10H2,1-2H3;3H2,1-2H3.